The molecule has 1 aromatic heterocycles. The molecule has 0 radical (unpaired) electrons. The summed E-state index contributed by atoms with van der Waals surface area (Å²) in [5.74, 6) is -0.146. The molecular weight excluding hydrogens is 373 g/mol. The van der Waals surface area contributed by atoms with Crippen molar-refractivity contribution in [3.05, 3.63) is 64.5 Å². The Morgan fingerprint density at radius 1 is 1.21 bits per heavy atom. The first kappa shape index (κ1) is 20.8. The molecule has 0 atom stereocenters. The van der Waals surface area contributed by atoms with Gasteiger partial charge in [0, 0.05) is 29.3 Å². The largest absolute Gasteiger partial charge is 0.461 e. The summed E-state index contributed by atoms with van der Waals surface area (Å²) in [6.07, 6.45) is 1.17. The van der Waals surface area contributed by atoms with E-state index in [1.54, 1.807) is 20.8 Å². The number of aryl methyl sites for hydroxylation is 2. The van der Waals surface area contributed by atoms with Gasteiger partial charge in [-0.2, -0.15) is 0 Å². The molecule has 0 N–H and O–H groups in total. The average Bonchev–Trinajstić information content (AvgIpc) is 2.97. The van der Waals surface area contributed by atoms with Gasteiger partial charge in [-0.3, -0.25) is 4.79 Å². The second-order valence-electron chi connectivity index (χ2n) is 8.38. The smallest absolute Gasteiger partial charge is 0.343 e. The zero-order valence-electron chi connectivity index (χ0n) is 17.6. The van der Waals surface area contributed by atoms with Gasteiger partial charge in [-0.15, -0.1) is 0 Å². The number of amides is 1. The molecule has 1 aromatic carbocycles. The lowest BCUT2D eigenvalue weighted by Crippen LogP contribution is -2.36. The van der Waals surface area contributed by atoms with E-state index in [9.17, 15) is 14.0 Å². The molecule has 5 nitrogen and oxygen atoms in total. The average molecular weight is 399 g/mol. The lowest BCUT2D eigenvalue weighted by molar-refractivity contribution is -0.140. The monoisotopic (exact) mass is 399 g/mol. The number of fused-ring (bicyclic) bond motifs is 1. The Morgan fingerprint density at radius 2 is 1.90 bits per heavy atom. The van der Waals surface area contributed by atoms with E-state index in [0.717, 1.165) is 5.56 Å². The molecule has 154 valence electrons. The molecule has 29 heavy (non-hydrogen) atoms. The van der Waals surface area contributed by atoms with Crippen molar-refractivity contribution in [2.75, 3.05) is 6.54 Å². The summed E-state index contributed by atoms with van der Waals surface area (Å²) < 4.78 is 24.9. The maximum atomic E-state index is 13.6. The first-order valence-corrected chi connectivity index (χ1v) is 9.61. The Balaban J connectivity index is 2.11. The third-order valence-electron chi connectivity index (χ3n) is 4.91. The molecule has 6 heteroatoms. The van der Waals surface area contributed by atoms with Crippen molar-refractivity contribution in [2.24, 2.45) is 0 Å². The lowest BCUT2D eigenvalue weighted by atomic mass is 9.83. The van der Waals surface area contributed by atoms with Crippen LogP contribution in [-0.2, 0) is 14.9 Å². The predicted molar refractivity (Wildman–Crippen MR) is 108 cm³/mol. The molecule has 3 rings (SSSR count). The lowest BCUT2D eigenvalue weighted by Gasteiger charge is -2.29. The molecule has 0 spiro atoms. The van der Waals surface area contributed by atoms with Crippen molar-refractivity contribution in [3.63, 3.8) is 0 Å². The first-order valence-electron chi connectivity index (χ1n) is 9.61. The zero-order chi connectivity index (χ0) is 21.5. The van der Waals surface area contributed by atoms with E-state index in [4.69, 9.17) is 9.15 Å². The molecule has 1 amide bonds. The molecule has 0 bridgehead atoms. The van der Waals surface area contributed by atoms with Gasteiger partial charge in [0.1, 0.15) is 22.9 Å². The number of rotatable bonds is 3. The van der Waals surface area contributed by atoms with Gasteiger partial charge in [-0.05, 0) is 57.5 Å². The normalized spacial score (nSPS) is 15.6. The highest BCUT2D eigenvalue weighted by molar-refractivity contribution is 6.17. The number of hydrogen-bond acceptors (Lipinski definition) is 4. The van der Waals surface area contributed by atoms with Crippen molar-refractivity contribution in [1.29, 1.82) is 0 Å². The van der Waals surface area contributed by atoms with E-state index in [0.29, 0.717) is 29.2 Å². The van der Waals surface area contributed by atoms with Crippen LogP contribution in [0.1, 0.15) is 60.7 Å². The number of halogens is 1. The Morgan fingerprint density at radius 3 is 2.52 bits per heavy atom. The Bertz CT molecular complexity index is 1000. The van der Waals surface area contributed by atoms with E-state index in [1.807, 2.05) is 26.8 Å². The minimum absolute atomic E-state index is 0.194. The Kier molecular flexibility index (Phi) is 5.39. The Hall–Kier alpha value is -2.89. The molecule has 2 heterocycles. The van der Waals surface area contributed by atoms with Gasteiger partial charge in [0.05, 0.1) is 6.10 Å². The molecule has 1 aliphatic heterocycles. The summed E-state index contributed by atoms with van der Waals surface area (Å²) in [6, 6.07) is 6.12. The van der Waals surface area contributed by atoms with Crippen LogP contribution >= 0.6 is 0 Å². The van der Waals surface area contributed by atoms with Gasteiger partial charge in [-0.1, -0.05) is 13.8 Å². The van der Waals surface area contributed by atoms with E-state index < -0.39 is 11.4 Å². The quantitative estimate of drug-likeness (QED) is 0.698. The molecule has 1 aliphatic rings. The molecule has 0 aliphatic carbocycles. The maximum absolute atomic E-state index is 13.6. The van der Waals surface area contributed by atoms with Gasteiger partial charge in [0.15, 0.2) is 0 Å². The fourth-order valence-electron chi connectivity index (χ4n) is 3.49. The number of nitrogens with zero attached hydrogens (tertiary/aromatic N) is 1. The van der Waals surface area contributed by atoms with Crippen LogP contribution in [0.25, 0.3) is 5.57 Å². The maximum Gasteiger partial charge on any atom is 0.343 e. The number of esters is 1. The summed E-state index contributed by atoms with van der Waals surface area (Å²) in [5.41, 5.74) is 1.29. The number of ether oxygens (including phenoxy) is 1. The number of furan rings is 1. The second-order valence-corrected chi connectivity index (χ2v) is 8.38. The van der Waals surface area contributed by atoms with Gasteiger partial charge >= 0.3 is 5.97 Å². The highest BCUT2D eigenvalue weighted by Crippen LogP contribution is 2.38. The van der Waals surface area contributed by atoms with Gasteiger partial charge < -0.3 is 14.1 Å². The fourth-order valence-corrected chi connectivity index (χ4v) is 3.49. The summed E-state index contributed by atoms with van der Waals surface area (Å²) in [5, 5.41) is 0. The van der Waals surface area contributed by atoms with Crippen LogP contribution in [-0.4, -0.2) is 29.4 Å². The van der Waals surface area contributed by atoms with Crippen LogP contribution < -0.4 is 0 Å². The Labute approximate surface area is 170 Å². The molecule has 0 fully saturated rings. The third kappa shape index (κ3) is 4.11. The number of carbonyl (C=O) groups is 2. The number of carbonyl (C=O) groups excluding carboxylic acids is 2. The van der Waals surface area contributed by atoms with Crippen molar-refractivity contribution < 1.29 is 23.1 Å². The molecular formula is C23H26FNO4. The fraction of sp³-hybridized carbons (Fsp3) is 0.391. The summed E-state index contributed by atoms with van der Waals surface area (Å²) in [7, 11) is 0. The topological polar surface area (TPSA) is 59.8 Å². The van der Waals surface area contributed by atoms with E-state index in [-0.39, 0.29) is 23.4 Å². The van der Waals surface area contributed by atoms with Crippen molar-refractivity contribution in [2.45, 2.75) is 53.1 Å². The van der Waals surface area contributed by atoms with Gasteiger partial charge in [0.25, 0.3) is 5.91 Å². The summed E-state index contributed by atoms with van der Waals surface area (Å²) in [6.45, 7) is 11.3. The van der Waals surface area contributed by atoms with E-state index in [2.05, 4.69) is 0 Å². The molecule has 0 unspecified atom stereocenters. The van der Waals surface area contributed by atoms with Crippen LogP contribution in [0.5, 0.6) is 0 Å². The van der Waals surface area contributed by atoms with Gasteiger partial charge in [-0.25, -0.2) is 9.18 Å². The minimum Gasteiger partial charge on any atom is -0.461 e. The van der Waals surface area contributed by atoms with Crippen LogP contribution in [0.4, 0.5) is 4.39 Å². The second kappa shape index (κ2) is 7.50. The molecule has 2 aromatic rings. The standard InChI is InChI=1S/C23H26FNO4/c1-13(2)28-22(27)17-11-25(21(26)16-7-8-19(24)14(3)9-16)12-23(5,6)18-10-15(4)29-20(17)18/h7-11,13H,12H2,1-6H3. The van der Waals surface area contributed by atoms with E-state index >= 15 is 0 Å². The van der Waals surface area contributed by atoms with Crippen molar-refractivity contribution in [3.8, 4) is 0 Å². The summed E-state index contributed by atoms with van der Waals surface area (Å²) in [4.78, 5) is 27.5. The molecule has 0 saturated heterocycles. The van der Waals surface area contributed by atoms with Crippen LogP contribution in [0.15, 0.2) is 34.9 Å². The van der Waals surface area contributed by atoms with Crippen LogP contribution in [0, 0.1) is 19.7 Å². The zero-order valence-corrected chi connectivity index (χ0v) is 17.6. The minimum atomic E-state index is -0.554. The first-order chi connectivity index (χ1) is 13.5. The highest BCUT2D eigenvalue weighted by Gasteiger charge is 2.37. The molecule has 0 saturated carbocycles. The van der Waals surface area contributed by atoms with Crippen molar-refractivity contribution in [1.82, 2.24) is 4.90 Å². The predicted octanol–water partition coefficient (Wildman–Crippen LogP) is 4.76. The van der Waals surface area contributed by atoms with Crippen LogP contribution in [0.2, 0.25) is 0 Å². The van der Waals surface area contributed by atoms with E-state index in [1.165, 1.54) is 29.3 Å². The number of hydrogen-bond donors (Lipinski definition) is 0. The summed E-state index contributed by atoms with van der Waals surface area (Å²) >= 11 is 0. The highest BCUT2D eigenvalue weighted by atomic mass is 19.1. The van der Waals surface area contributed by atoms with Crippen LogP contribution in [0.3, 0.4) is 0 Å². The van der Waals surface area contributed by atoms with Crippen molar-refractivity contribution >= 4 is 17.4 Å². The third-order valence-corrected chi connectivity index (χ3v) is 4.91. The SMILES string of the molecule is Cc1cc2c(o1)C(C(=O)OC(C)C)=CN(C(=O)c1ccc(F)c(C)c1)CC2(C)C. The number of benzene rings is 1. The van der Waals surface area contributed by atoms with Gasteiger partial charge in [0.2, 0.25) is 0 Å².